The van der Waals surface area contributed by atoms with Crippen LogP contribution in [0, 0.1) is 5.82 Å². The Morgan fingerprint density at radius 2 is 2.00 bits per heavy atom. The highest BCUT2D eigenvalue weighted by Crippen LogP contribution is 2.36. The molecule has 6 nitrogen and oxygen atoms in total. The summed E-state index contributed by atoms with van der Waals surface area (Å²) in [7, 11) is 1.59. The molecule has 9 heteroatoms. The SMILES string of the molecule is COc1c(C=CC(=O)N2C[C@@H](C)N(Cc3ccc(F)cc3)C[C@@H]2C)cc2nsnc2c1Br. The highest BCUT2D eigenvalue weighted by atomic mass is 79.9. The molecule has 4 rings (SSSR count). The molecule has 2 atom stereocenters. The Bertz CT molecular complexity index is 1150. The molecule has 0 aliphatic carbocycles. The predicted octanol–water partition coefficient (Wildman–Crippen LogP) is 4.74. The zero-order chi connectivity index (χ0) is 22.8. The fourth-order valence-corrected chi connectivity index (χ4v) is 5.36. The van der Waals surface area contributed by atoms with Gasteiger partial charge in [-0.3, -0.25) is 9.69 Å². The summed E-state index contributed by atoms with van der Waals surface area (Å²) in [6, 6.07) is 8.72. The fraction of sp³-hybridized carbons (Fsp3) is 0.348. The molecule has 0 bridgehead atoms. The number of aromatic nitrogens is 2. The van der Waals surface area contributed by atoms with Crippen molar-refractivity contribution >= 4 is 50.7 Å². The standard InChI is InChI=1S/C23H24BrFN4O2S/c1-14-12-29(15(2)11-28(14)13-16-4-7-18(25)8-5-16)20(30)9-6-17-10-19-22(27-32-26-19)21(24)23(17)31-3/h4-10,14-15H,11-13H2,1-3H3/t14-,15+/m1/s1. The maximum absolute atomic E-state index is 13.2. The molecule has 0 spiro atoms. The molecule has 0 radical (unpaired) electrons. The van der Waals surface area contributed by atoms with Gasteiger partial charge in [-0.2, -0.15) is 8.75 Å². The van der Waals surface area contributed by atoms with Crippen LogP contribution in [0.5, 0.6) is 5.75 Å². The lowest BCUT2D eigenvalue weighted by Crippen LogP contribution is -2.57. The first-order valence-corrected chi connectivity index (χ1v) is 11.9. The van der Waals surface area contributed by atoms with E-state index in [1.54, 1.807) is 19.3 Å². The van der Waals surface area contributed by atoms with Gasteiger partial charge in [-0.15, -0.1) is 0 Å². The van der Waals surface area contributed by atoms with Gasteiger partial charge in [0.15, 0.2) is 0 Å². The third kappa shape index (κ3) is 4.69. The zero-order valence-electron chi connectivity index (χ0n) is 18.1. The first-order valence-electron chi connectivity index (χ1n) is 10.3. The maximum Gasteiger partial charge on any atom is 0.246 e. The van der Waals surface area contributed by atoms with Crippen molar-refractivity contribution in [1.29, 1.82) is 0 Å². The summed E-state index contributed by atoms with van der Waals surface area (Å²) >= 11 is 4.67. The summed E-state index contributed by atoms with van der Waals surface area (Å²) in [6.45, 7) is 6.28. The van der Waals surface area contributed by atoms with Crippen LogP contribution in [0.25, 0.3) is 17.1 Å². The van der Waals surface area contributed by atoms with Gasteiger partial charge in [0.1, 0.15) is 22.6 Å². The Kier molecular flexibility index (Phi) is 6.88. The van der Waals surface area contributed by atoms with E-state index in [1.807, 2.05) is 23.1 Å². The number of amides is 1. The van der Waals surface area contributed by atoms with Gasteiger partial charge in [0.25, 0.3) is 0 Å². The largest absolute Gasteiger partial charge is 0.495 e. The fourth-order valence-electron chi connectivity index (χ4n) is 4.03. The lowest BCUT2D eigenvalue weighted by atomic mass is 10.1. The molecule has 0 saturated carbocycles. The first kappa shape index (κ1) is 22.8. The average Bonchev–Trinajstić information content (AvgIpc) is 3.25. The van der Waals surface area contributed by atoms with Crippen molar-refractivity contribution in [2.45, 2.75) is 32.5 Å². The number of halogens is 2. The number of carbonyl (C=O) groups is 1. The first-order chi connectivity index (χ1) is 15.4. The maximum atomic E-state index is 13.2. The van der Waals surface area contributed by atoms with Crippen LogP contribution in [0.1, 0.15) is 25.0 Å². The molecule has 3 aromatic rings. The lowest BCUT2D eigenvalue weighted by Gasteiger charge is -2.44. The van der Waals surface area contributed by atoms with E-state index in [0.29, 0.717) is 12.3 Å². The minimum absolute atomic E-state index is 0.0412. The highest BCUT2D eigenvalue weighted by Gasteiger charge is 2.31. The van der Waals surface area contributed by atoms with Gasteiger partial charge in [0, 0.05) is 43.4 Å². The van der Waals surface area contributed by atoms with E-state index >= 15 is 0 Å². The van der Waals surface area contributed by atoms with Crippen LogP contribution in [0.3, 0.4) is 0 Å². The number of fused-ring (bicyclic) bond motifs is 1. The molecule has 1 fully saturated rings. The summed E-state index contributed by atoms with van der Waals surface area (Å²) in [6.07, 6.45) is 3.36. The van der Waals surface area contributed by atoms with Crippen LogP contribution < -0.4 is 4.74 Å². The number of hydrogen-bond donors (Lipinski definition) is 0. The van der Waals surface area contributed by atoms with E-state index in [1.165, 1.54) is 12.1 Å². The number of piperazine rings is 1. The third-order valence-electron chi connectivity index (χ3n) is 5.78. The monoisotopic (exact) mass is 518 g/mol. The van der Waals surface area contributed by atoms with Crippen LogP contribution in [-0.4, -0.2) is 56.7 Å². The van der Waals surface area contributed by atoms with E-state index in [0.717, 1.165) is 51.5 Å². The smallest absolute Gasteiger partial charge is 0.246 e. The molecule has 2 aromatic carbocycles. The highest BCUT2D eigenvalue weighted by molar-refractivity contribution is 9.10. The van der Waals surface area contributed by atoms with Crippen LogP contribution >= 0.6 is 27.7 Å². The molecule has 32 heavy (non-hydrogen) atoms. The topological polar surface area (TPSA) is 58.6 Å². The molecule has 2 heterocycles. The second-order valence-corrected chi connectivity index (χ2v) is 9.34. The number of carbonyl (C=O) groups excluding carboxylic acids is 1. The number of hydrogen-bond acceptors (Lipinski definition) is 6. The number of rotatable bonds is 5. The number of methoxy groups -OCH3 is 1. The van der Waals surface area contributed by atoms with Gasteiger partial charge in [-0.25, -0.2) is 4.39 Å². The second-order valence-electron chi connectivity index (χ2n) is 8.02. The van der Waals surface area contributed by atoms with Crippen molar-refractivity contribution in [3.63, 3.8) is 0 Å². The molecule has 1 aromatic heterocycles. The van der Waals surface area contributed by atoms with Crippen LogP contribution in [0.15, 0.2) is 40.9 Å². The third-order valence-corrected chi connectivity index (χ3v) is 7.06. The van der Waals surface area contributed by atoms with Crippen molar-refractivity contribution in [1.82, 2.24) is 18.5 Å². The van der Waals surface area contributed by atoms with E-state index in [-0.39, 0.29) is 23.8 Å². The Morgan fingerprint density at radius 1 is 1.25 bits per heavy atom. The van der Waals surface area contributed by atoms with E-state index in [2.05, 4.69) is 43.4 Å². The van der Waals surface area contributed by atoms with Crippen molar-refractivity contribution in [2.24, 2.45) is 0 Å². The van der Waals surface area contributed by atoms with Crippen LogP contribution in [-0.2, 0) is 11.3 Å². The number of benzene rings is 2. The predicted molar refractivity (Wildman–Crippen MR) is 128 cm³/mol. The Hall–Kier alpha value is -2.36. The quantitative estimate of drug-likeness (QED) is 0.456. The van der Waals surface area contributed by atoms with Gasteiger partial charge >= 0.3 is 0 Å². The number of nitrogens with zero attached hydrogens (tertiary/aromatic N) is 4. The Morgan fingerprint density at radius 3 is 2.72 bits per heavy atom. The minimum Gasteiger partial charge on any atom is -0.495 e. The molecule has 1 aliphatic rings. The summed E-state index contributed by atoms with van der Waals surface area (Å²) < 4.78 is 28.0. The molecule has 1 saturated heterocycles. The van der Waals surface area contributed by atoms with Gasteiger partial charge in [0.05, 0.1) is 23.3 Å². The van der Waals surface area contributed by atoms with Gasteiger partial charge in [-0.1, -0.05) is 12.1 Å². The Balaban J connectivity index is 1.47. The molecule has 1 amide bonds. The summed E-state index contributed by atoms with van der Waals surface area (Å²) in [5.41, 5.74) is 3.33. The molecule has 168 valence electrons. The van der Waals surface area contributed by atoms with Crippen molar-refractivity contribution in [3.8, 4) is 5.75 Å². The van der Waals surface area contributed by atoms with Gasteiger partial charge < -0.3 is 9.64 Å². The molecule has 0 unspecified atom stereocenters. The van der Waals surface area contributed by atoms with Gasteiger partial charge in [-0.05, 0) is 59.6 Å². The van der Waals surface area contributed by atoms with E-state index in [4.69, 9.17) is 4.74 Å². The normalized spacial score (nSPS) is 19.7. The molecule has 1 aliphatic heterocycles. The van der Waals surface area contributed by atoms with E-state index in [9.17, 15) is 9.18 Å². The summed E-state index contributed by atoms with van der Waals surface area (Å²) in [4.78, 5) is 17.3. The average molecular weight is 519 g/mol. The van der Waals surface area contributed by atoms with Crippen LogP contribution in [0.4, 0.5) is 4.39 Å². The summed E-state index contributed by atoms with van der Waals surface area (Å²) in [5, 5.41) is 0. The van der Waals surface area contributed by atoms with E-state index < -0.39 is 0 Å². The Labute approximate surface area is 199 Å². The number of ether oxygens (including phenoxy) is 1. The van der Waals surface area contributed by atoms with Crippen molar-refractivity contribution < 1.29 is 13.9 Å². The minimum atomic E-state index is -0.230. The van der Waals surface area contributed by atoms with Gasteiger partial charge in [0.2, 0.25) is 5.91 Å². The molecular formula is C23H24BrFN4O2S. The second kappa shape index (κ2) is 9.64. The van der Waals surface area contributed by atoms with Crippen molar-refractivity contribution in [3.05, 3.63) is 57.8 Å². The van der Waals surface area contributed by atoms with Crippen molar-refractivity contribution in [2.75, 3.05) is 20.2 Å². The lowest BCUT2D eigenvalue weighted by molar-refractivity contribution is -0.131. The molecule has 0 N–H and O–H groups in total. The van der Waals surface area contributed by atoms with Crippen LogP contribution in [0.2, 0.25) is 0 Å². The summed E-state index contributed by atoms with van der Waals surface area (Å²) in [5.74, 6) is 0.353. The molecular weight excluding hydrogens is 495 g/mol. The zero-order valence-corrected chi connectivity index (χ0v) is 20.5.